The molecule has 0 spiro atoms. The van der Waals surface area contributed by atoms with E-state index >= 15 is 0 Å². The van der Waals surface area contributed by atoms with Crippen LogP contribution in [0.3, 0.4) is 0 Å². The zero-order valence-electron chi connectivity index (χ0n) is 14.3. The number of benzene rings is 1. The fourth-order valence-electron chi connectivity index (χ4n) is 3.08. The summed E-state index contributed by atoms with van der Waals surface area (Å²) in [5.74, 6) is 0.311. The predicted molar refractivity (Wildman–Crippen MR) is 95.5 cm³/mol. The summed E-state index contributed by atoms with van der Waals surface area (Å²) >= 11 is 5.96. The molecule has 0 unspecified atom stereocenters. The maximum absolute atomic E-state index is 12.6. The number of nitrogens with one attached hydrogen (secondary N) is 1. The van der Waals surface area contributed by atoms with Crippen molar-refractivity contribution in [1.82, 2.24) is 9.62 Å². The van der Waals surface area contributed by atoms with Crippen LogP contribution in [-0.4, -0.2) is 43.3 Å². The minimum atomic E-state index is -3.94. The Morgan fingerprint density at radius 3 is 2.42 bits per heavy atom. The Hall–Kier alpha value is -1.71. The van der Waals surface area contributed by atoms with E-state index < -0.39 is 14.9 Å². The normalized spacial score (nSPS) is 18.8. The van der Waals surface area contributed by atoms with Gasteiger partial charge in [-0.05, 0) is 38.7 Å². The minimum Gasteiger partial charge on any atom is -0.342 e. The van der Waals surface area contributed by atoms with E-state index in [4.69, 9.17) is 11.6 Å². The number of carbonyl (C=O) groups is 1. The second-order valence-corrected chi connectivity index (χ2v) is 8.92. The number of nitro groups is 1. The van der Waals surface area contributed by atoms with Gasteiger partial charge in [0.25, 0.3) is 5.69 Å². The third kappa shape index (κ3) is 3.99. The lowest BCUT2D eigenvalue weighted by atomic mass is 10.1. The fourth-order valence-corrected chi connectivity index (χ4v) is 4.71. The van der Waals surface area contributed by atoms with Gasteiger partial charge in [0.1, 0.15) is 0 Å². The van der Waals surface area contributed by atoms with Crippen LogP contribution in [-0.2, 0) is 14.8 Å². The smallest absolute Gasteiger partial charge is 0.275 e. The molecule has 1 aliphatic heterocycles. The first kappa shape index (κ1) is 19.1. The molecule has 1 aromatic carbocycles. The SMILES string of the molecule is Cc1c(Cl)cc(S(=O)(=O)NC2CCN(C(=O)C3CC3)CC2)cc1[N+](=O)[O-]. The average Bonchev–Trinajstić information content (AvgIpc) is 3.41. The summed E-state index contributed by atoms with van der Waals surface area (Å²) in [7, 11) is -3.94. The van der Waals surface area contributed by atoms with Crippen LogP contribution in [0.1, 0.15) is 31.2 Å². The molecule has 26 heavy (non-hydrogen) atoms. The van der Waals surface area contributed by atoms with E-state index in [0.29, 0.717) is 25.9 Å². The number of halogens is 1. The van der Waals surface area contributed by atoms with Gasteiger partial charge in [-0.25, -0.2) is 13.1 Å². The van der Waals surface area contributed by atoms with Crippen molar-refractivity contribution >= 4 is 33.2 Å². The Kier molecular flexibility index (Phi) is 5.23. The maximum atomic E-state index is 12.6. The van der Waals surface area contributed by atoms with Crippen LogP contribution in [0.15, 0.2) is 17.0 Å². The molecule has 0 aromatic heterocycles. The van der Waals surface area contributed by atoms with Gasteiger partial charge in [0.2, 0.25) is 15.9 Å². The lowest BCUT2D eigenvalue weighted by Crippen LogP contribution is -2.46. The molecule has 2 aliphatic rings. The van der Waals surface area contributed by atoms with Crippen LogP contribution in [0.2, 0.25) is 5.02 Å². The fraction of sp³-hybridized carbons (Fsp3) is 0.562. The predicted octanol–water partition coefficient (Wildman–Crippen LogP) is 2.24. The highest BCUT2D eigenvalue weighted by Gasteiger charge is 2.35. The van der Waals surface area contributed by atoms with E-state index in [2.05, 4.69) is 4.72 Å². The molecule has 1 saturated carbocycles. The number of nitro benzene ring substituents is 1. The van der Waals surface area contributed by atoms with Crippen molar-refractivity contribution in [3.05, 3.63) is 32.8 Å². The van der Waals surface area contributed by atoms with E-state index in [1.54, 1.807) is 4.90 Å². The molecule has 1 saturated heterocycles. The van der Waals surface area contributed by atoms with Crippen molar-refractivity contribution in [1.29, 1.82) is 0 Å². The van der Waals surface area contributed by atoms with Gasteiger partial charge < -0.3 is 4.90 Å². The molecule has 1 heterocycles. The summed E-state index contributed by atoms with van der Waals surface area (Å²) in [5.41, 5.74) is -0.106. The molecular weight excluding hydrogens is 382 g/mol. The lowest BCUT2D eigenvalue weighted by molar-refractivity contribution is -0.385. The number of sulfonamides is 1. The van der Waals surface area contributed by atoms with Gasteiger partial charge in [-0.15, -0.1) is 0 Å². The Labute approximate surface area is 156 Å². The Morgan fingerprint density at radius 2 is 1.88 bits per heavy atom. The maximum Gasteiger partial charge on any atom is 0.275 e. The Morgan fingerprint density at radius 1 is 1.27 bits per heavy atom. The first-order valence-electron chi connectivity index (χ1n) is 8.44. The number of nitrogens with zero attached hydrogens (tertiary/aromatic N) is 2. The molecule has 0 radical (unpaired) electrons. The second-order valence-electron chi connectivity index (χ2n) is 6.80. The number of hydrogen-bond acceptors (Lipinski definition) is 5. The first-order chi connectivity index (χ1) is 12.2. The monoisotopic (exact) mass is 401 g/mol. The zero-order chi connectivity index (χ0) is 19.1. The zero-order valence-corrected chi connectivity index (χ0v) is 15.8. The van der Waals surface area contributed by atoms with Crippen molar-refractivity contribution in [3.63, 3.8) is 0 Å². The van der Waals surface area contributed by atoms with Crippen molar-refractivity contribution in [3.8, 4) is 0 Å². The van der Waals surface area contributed by atoms with Crippen LogP contribution < -0.4 is 4.72 Å². The highest BCUT2D eigenvalue weighted by atomic mass is 35.5. The summed E-state index contributed by atoms with van der Waals surface area (Å²) in [4.78, 5) is 24.1. The van der Waals surface area contributed by atoms with E-state index in [9.17, 15) is 23.3 Å². The number of rotatable bonds is 5. The molecule has 3 rings (SSSR count). The number of hydrogen-bond donors (Lipinski definition) is 1. The van der Waals surface area contributed by atoms with E-state index in [0.717, 1.165) is 18.9 Å². The van der Waals surface area contributed by atoms with Gasteiger partial charge in [0.15, 0.2) is 0 Å². The van der Waals surface area contributed by atoms with Crippen molar-refractivity contribution in [2.75, 3.05) is 13.1 Å². The minimum absolute atomic E-state index is 0.0319. The second kappa shape index (κ2) is 7.13. The van der Waals surface area contributed by atoms with Crippen molar-refractivity contribution < 1.29 is 18.1 Å². The topological polar surface area (TPSA) is 110 Å². The molecule has 1 aliphatic carbocycles. The van der Waals surface area contributed by atoms with Crippen LogP contribution in [0.4, 0.5) is 5.69 Å². The van der Waals surface area contributed by atoms with Crippen LogP contribution in [0.25, 0.3) is 0 Å². The number of likely N-dealkylation sites (tertiary alicyclic amines) is 1. The van der Waals surface area contributed by atoms with Gasteiger partial charge in [0.05, 0.1) is 14.8 Å². The van der Waals surface area contributed by atoms with Crippen molar-refractivity contribution in [2.24, 2.45) is 5.92 Å². The molecule has 0 bridgehead atoms. The molecule has 0 atom stereocenters. The standard InChI is InChI=1S/C16H20ClN3O5S/c1-10-14(17)8-13(9-15(10)20(22)23)26(24,25)18-12-4-6-19(7-5-12)16(21)11-2-3-11/h8-9,11-12,18H,2-7H2,1H3. The molecule has 1 N–H and O–H groups in total. The van der Waals surface area contributed by atoms with E-state index in [-0.39, 0.29) is 39.0 Å². The Bertz CT molecular complexity index is 846. The summed E-state index contributed by atoms with van der Waals surface area (Å²) in [6.07, 6.45) is 2.91. The van der Waals surface area contributed by atoms with Gasteiger partial charge in [-0.2, -0.15) is 0 Å². The highest BCUT2D eigenvalue weighted by Crippen LogP contribution is 2.32. The lowest BCUT2D eigenvalue weighted by Gasteiger charge is -2.32. The third-order valence-electron chi connectivity index (χ3n) is 4.85. The van der Waals surface area contributed by atoms with Gasteiger partial charge in [-0.1, -0.05) is 11.6 Å². The number of carbonyl (C=O) groups excluding carboxylic acids is 1. The van der Waals surface area contributed by atoms with E-state index in [1.807, 2.05) is 0 Å². The third-order valence-corrected chi connectivity index (χ3v) is 6.74. The van der Waals surface area contributed by atoms with Gasteiger partial charge >= 0.3 is 0 Å². The van der Waals surface area contributed by atoms with Crippen LogP contribution in [0, 0.1) is 23.0 Å². The van der Waals surface area contributed by atoms with Gasteiger partial charge in [-0.3, -0.25) is 14.9 Å². The Balaban J connectivity index is 1.70. The molecule has 2 fully saturated rings. The molecule has 10 heteroatoms. The first-order valence-corrected chi connectivity index (χ1v) is 10.3. The molecule has 8 nitrogen and oxygen atoms in total. The highest BCUT2D eigenvalue weighted by molar-refractivity contribution is 7.89. The average molecular weight is 402 g/mol. The number of amides is 1. The van der Waals surface area contributed by atoms with Gasteiger partial charge in [0, 0.05) is 36.7 Å². The largest absolute Gasteiger partial charge is 0.342 e. The quantitative estimate of drug-likeness (QED) is 0.601. The molecule has 1 aromatic rings. The molecular formula is C16H20ClN3O5S. The summed E-state index contributed by atoms with van der Waals surface area (Å²) in [6, 6.07) is 1.93. The number of piperidine rings is 1. The van der Waals surface area contributed by atoms with Crippen LogP contribution in [0.5, 0.6) is 0 Å². The van der Waals surface area contributed by atoms with Crippen molar-refractivity contribution in [2.45, 2.75) is 43.5 Å². The summed E-state index contributed by atoms with van der Waals surface area (Å²) < 4.78 is 27.8. The molecule has 142 valence electrons. The summed E-state index contributed by atoms with van der Waals surface area (Å²) in [6.45, 7) is 2.49. The van der Waals surface area contributed by atoms with E-state index in [1.165, 1.54) is 13.0 Å². The molecule has 1 amide bonds. The summed E-state index contributed by atoms with van der Waals surface area (Å²) in [5, 5.41) is 11.1. The van der Waals surface area contributed by atoms with Crippen LogP contribution >= 0.6 is 11.6 Å².